The summed E-state index contributed by atoms with van der Waals surface area (Å²) in [6, 6.07) is 7.98. The minimum absolute atomic E-state index is 0.115. The Hall–Kier alpha value is -0.860. The van der Waals surface area contributed by atoms with Gasteiger partial charge in [-0.25, -0.2) is 4.98 Å². The molecule has 98 valence electrons. The molecule has 1 aromatic carbocycles. The molecule has 0 atom stereocenters. The van der Waals surface area contributed by atoms with Gasteiger partial charge in [-0.3, -0.25) is 4.57 Å². The Kier molecular flexibility index (Phi) is 3.79. The quantitative estimate of drug-likeness (QED) is 0.819. The fraction of sp³-hybridized carbons (Fsp3) is 0.462. The highest BCUT2D eigenvalue weighted by Gasteiger charge is 2.31. The fourth-order valence-electron chi connectivity index (χ4n) is 1.92. The lowest BCUT2D eigenvalue weighted by molar-refractivity contribution is 0.565. The van der Waals surface area contributed by atoms with E-state index in [1.165, 1.54) is 0 Å². The monoisotopic (exact) mass is 282 g/mol. The van der Waals surface area contributed by atoms with Crippen LogP contribution in [-0.2, 0) is 4.57 Å². The Bertz CT molecular complexity index is 546. The second kappa shape index (κ2) is 5.02. The van der Waals surface area contributed by atoms with Gasteiger partial charge < -0.3 is 5.09 Å². The lowest BCUT2D eigenvalue weighted by Gasteiger charge is -2.26. The average molecular weight is 282 g/mol. The smallest absolute Gasteiger partial charge is 0.189 e. The number of benzene rings is 1. The third-order valence-corrected chi connectivity index (χ3v) is 7.83. The summed E-state index contributed by atoms with van der Waals surface area (Å²) in [6.45, 7) is 8.00. The van der Waals surface area contributed by atoms with Crippen molar-refractivity contribution >= 4 is 34.0 Å². The van der Waals surface area contributed by atoms with Gasteiger partial charge in [-0.05, 0) is 12.1 Å². The second-order valence-corrected chi connectivity index (χ2v) is 9.73. The van der Waals surface area contributed by atoms with Gasteiger partial charge in [-0.15, -0.1) is 0 Å². The van der Waals surface area contributed by atoms with Crippen molar-refractivity contribution in [2.45, 2.75) is 39.0 Å². The van der Waals surface area contributed by atoms with Crippen LogP contribution in [0, 0.1) is 0 Å². The molecule has 0 aliphatic carbocycles. The van der Waals surface area contributed by atoms with Crippen molar-refractivity contribution in [2.75, 3.05) is 5.09 Å². The van der Waals surface area contributed by atoms with E-state index in [9.17, 15) is 4.57 Å². The molecular weight excluding hydrogens is 263 g/mol. The Morgan fingerprint density at radius 2 is 1.78 bits per heavy atom. The Morgan fingerprint density at radius 1 is 1.17 bits per heavy atom. The van der Waals surface area contributed by atoms with Crippen molar-refractivity contribution in [3.05, 3.63) is 24.3 Å². The number of rotatable bonds is 4. The summed E-state index contributed by atoms with van der Waals surface area (Å²) < 4.78 is 14.0. The van der Waals surface area contributed by atoms with Crippen LogP contribution in [0.15, 0.2) is 24.3 Å². The summed E-state index contributed by atoms with van der Waals surface area (Å²) >= 11 is 1.56. The van der Waals surface area contributed by atoms with Crippen molar-refractivity contribution in [3.8, 4) is 0 Å². The van der Waals surface area contributed by atoms with Crippen molar-refractivity contribution in [1.29, 1.82) is 0 Å². The summed E-state index contributed by atoms with van der Waals surface area (Å²) in [7, 11) is -2.44. The third-order valence-electron chi connectivity index (χ3n) is 3.10. The Morgan fingerprint density at radius 3 is 2.33 bits per heavy atom. The molecule has 0 aliphatic rings. The molecule has 3 nitrogen and oxygen atoms in total. The van der Waals surface area contributed by atoms with Gasteiger partial charge in [0.2, 0.25) is 0 Å². The summed E-state index contributed by atoms with van der Waals surface area (Å²) in [5.41, 5.74) is 1.19. The van der Waals surface area contributed by atoms with Crippen LogP contribution in [0.5, 0.6) is 0 Å². The molecule has 1 aromatic heterocycles. The van der Waals surface area contributed by atoms with Crippen molar-refractivity contribution in [2.24, 2.45) is 0 Å². The topological polar surface area (TPSA) is 42.0 Å². The zero-order valence-corrected chi connectivity index (χ0v) is 12.9. The largest absolute Gasteiger partial charge is 0.312 e. The predicted molar refractivity (Wildman–Crippen MR) is 81.1 cm³/mol. The molecule has 0 unspecified atom stereocenters. The van der Waals surface area contributed by atoms with Crippen LogP contribution in [0.3, 0.4) is 0 Å². The van der Waals surface area contributed by atoms with Crippen molar-refractivity contribution in [1.82, 2.24) is 4.98 Å². The van der Waals surface area contributed by atoms with Crippen LogP contribution in [0.4, 0.5) is 5.13 Å². The molecule has 0 amide bonds. The highest BCUT2D eigenvalue weighted by atomic mass is 32.1. The van der Waals surface area contributed by atoms with Gasteiger partial charge >= 0.3 is 0 Å². The molecular formula is C13H19N2OPS. The van der Waals surface area contributed by atoms with Crippen LogP contribution >= 0.6 is 18.6 Å². The van der Waals surface area contributed by atoms with Crippen LogP contribution in [0.2, 0.25) is 0 Å². The molecule has 0 radical (unpaired) electrons. The predicted octanol–water partition coefficient (Wildman–Crippen LogP) is 4.80. The van der Waals surface area contributed by atoms with E-state index in [4.69, 9.17) is 0 Å². The van der Waals surface area contributed by atoms with Crippen LogP contribution in [0.1, 0.15) is 27.7 Å². The standard InChI is InChI=1S/C13H19N2OPS/c1-9(2)17(16,10(3)4)15-13-14-11-7-5-6-8-12(11)18-13/h5-10H,1-4H3,(H,14,15,16). The highest BCUT2D eigenvalue weighted by molar-refractivity contribution is 7.67. The van der Waals surface area contributed by atoms with Gasteiger partial charge in [0.1, 0.15) is 0 Å². The number of hydrogen-bond donors (Lipinski definition) is 1. The number of thiazole rings is 1. The average Bonchev–Trinajstić information content (AvgIpc) is 2.70. The molecule has 0 fully saturated rings. The van der Waals surface area contributed by atoms with Crippen LogP contribution in [-0.4, -0.2) is 16.3 Å². The Labute approximate surface area is 112 Å². The van der Waals surface area contributed by atoms with E-state index in [1.54, 1.807) is 11.3 Å². The van der Waals surface area contributed by atoms with Gasteiger partial charge in [0.15, 0.2) is 12.4 Å². The van der Waals surface area contributed by atoms with Gasteiger partial charge in [0.05, 0.1) is 10.2 Å². The minimum Gasteiger partial charge on any atom is -0.312 e. The molecule has 18 heavy (non-hydrogen) atoms. The van der Waals surface area contributed by atoms with E-state index in [1.807, 2.05) is 52.0 Å². The summed E-state index contributed by atoms with van der Waals surface area (Å²) in [6.07, 6.45) is 0. The SMILES string of the molecule is CC(C)P(=O)(Nc1nc2ccccc2s1)C(C)C. The molecule has 0 bridgehead atoms. The van der Waals surface area contributed by atoms with Gasteiger partial charge in [-0.1, -0.05) is 51.2 Å². The number of nitrogens with one attached hydrogen (secondary N) is 1. The van der Waals surface area contributed by atoms with Gasteiger partial charge in [0.25, 0.3) is 0 Å². The van der Waals surface area contributed by atoms with E-state index in [0.29, 0.717) is 0 Å². The minimum atomic E-state index is -2.44. The summed E-state index contributed by atoms with van der Waals surface area (Å²) in [4.78, 5) is 4.50. The number of para-hydroxylation sites is 1. The molecule has 0 spiro atoms. The number of aromatic nitrogens is 1. The first kappa shape index (κ1) is 13.6. The fourth-order valence-corrected chi connectivity index (χ4v) is 5.31. The highest BCUT2D eigenvalue weighted by Crippen LogP contribution is 2.54. The molecule has 2 rings (SSSR count). The van der Waals surface area contributed by atoms with Crippen LogP contribution < -0.4 is 5.09 Å². The summed E-state index contributed by atoms with van der Waals surface area (Å²) in [5, 5.41) is 3.97. The van der Waals surface area contributed by atoms with Crippen molar-refractivity contribution < 1.29 is 4.57 Å². The lowest BCUT2D eigenvalue weighted by atomic mass is 10.3. The maximum absolute atomic E-state index is 12.9. The van der Waals surface area contributed by atoms with E-state index in [2.05, 4.69) is 10.1 Å². The lowest BCUT2D eigenvalue weighted by Crippen LogP contribution is -2.15. The zero-order chi connectivity index (χ0) is 13.3. The molecule has 1 heterocycles. The normalized spacial score (nSPS) is 12.6. The molecule has 0 saturated heterocycles. The first-order chi connectivity index (χ1) is 8.43. The first-order valence-corrected chi connectivity index (χ1v) is 8.83. The second-order valence-electron chi connectivity index (χ2n) is 5.00. The third kappa shape index (κ3) is 2.45. The Balaban J connectivity index is 2.35. The molecule has 0 saturated carbocycles. The van der Waals surface area contributed by atoms with Crippen LogP contribution in [0.25, 0.3) is 10.2 Å². The van der Waals surface area contributed by atoms with E-state index in [-0.39, 0.29) is 11.3 Å². The van der Waals surface area contributed by atoms with Gasteiger partial charge in [0, 0.05) is 11.3 Å². The molecule has 5 heteroatoms. The maximum atomic E-state index is 12.9. The first-order valence-electron chi connectivity index (χ1n) is 6.16. The van der Waals surface area contributed by atoms with E-state index >= 15 is 0 Å². The molecule has 0 aliphatic heterocycles. The number of hydrogen-bond acceptors (Lipinski definition) is 3. The zero-order valence-electron chi connectivity index (χ0n) is 11.2. The van der Waals surface area contributed by atoms with Gasteiger partial charge in [-0.2, -0.15) is 0 Å². The maximum Gasteiger partial charge on any atom is 0.189 e. The van der Waals surface area contributed by atoms with E-state index < -0.39 is 7.29 Å². The number of anilines is 1. The molecule has 1 N–H and O–H groups in total. The van der Waals surface area contributed by atoms with E-state index in [0.717, 1.165) is 15.3 Å². The summed E-state index contributed by atoms with van der Waals surface area (Å²) in [5.74, 6) is 0. The number of fused-ring (bicyclic) bond motifs is 1. The number of nitrogens with zero attached hydrogens (tertiary/aromatic N) is 1. The molecule has 2 aromatic rings. The van der Waals surface area contributed by atoms with Crippen molar-refractivity contribution in [3.63, 3.8) is 0 Å².